The summed E-state index contributed by atoms with van der Waals surface area (Å²) in [4.78, 5) is 0. The summed E-state index contributed by atoms with van der Waals surface area (Å²) in [5.41, 5.74) is 2.35. The predicted octanol–water partition coefficient (Wildman–Crippen LogP) is 2.64. The van der Waals surface area contributed by atoms with Crippen LogP contribution in [0, 0.1) is 12.8 Å². The smallest absolute Gasteiger partial charge is 0.0597 e. The highest BCUT2D eigenvalue weighted by molar-refractivity contribution is 5.08. The number of rotatable bonds is 6. The van der Waals surface area contributed by atoms with Crippen LogP contribution in [-0.4, -0.2) is 15.8 Å². The Kier molecular flexibility index (Phi) is 5.00. The minimum Gasteiger partial charge on any atom is -0.309 e. The highest BCUT2D eigenvalue weighted by atomic mass is 15.3. The second kappa shape index (κ2) is 6.04. The van der Waals surface area contributed by atoms with E-state index in [1.165, 1.54) is 18.5 Å². The van der Waals surface area contributed by atoms with Crippen molar-refractivity contribution < 1.29 is 0 Å². The van der Waals surface area contributed by atoms with Crippen molar-refractivity contribution in [2.24, 2.45) is 13.0 Å². The van der Waals surface area contributed by atoms with Gasteiger partial charge in [0.2, 0.25) is 0 Å². The Morgan fingerprint density at radius 1 is 1.44 bits per heavy atom. The summed E-state index contributed by atoms with van der Waals surface area (Å²) in [5, 5.41) is 7.90. The van der Waals surface area contributed by atoms with Gasteiger partial charge in [0.1, 0.15) is 0 Å². The summed E-state index contributed by atoms with van der Waals surface area (Å²) in [6.07, 6.45) is 2.50. The van der Waals surface area contributed by atoms with Gasteiger partial charge in [-0.15, -0.1) is 0 Å². The Morgan fingerprint density at radius 3 is 2.62 bits per heavy atom. The summed E-state index contributed by atoms with van der Waals surface area (Å²) < 4.78 is 1.96. The Bertz CT molecular complexity index is 317. The molecular formula is C13H25N3. The van der Waals surface area contributed by atoms with Gasteiger partial charge < -0.3 is 5.32 Å². The molecule has 0 fully saturated rings. The van der Waals surface area contributed by atoms with Crippen molar-refractivity contribution in [1.82, 2.24) is 15.1 Å². The third-order valence-electron chi connectivity index (χ3n) is 3.18. The van der Waals surface area contributed by atoms with E-state index in [4.69, 9.17) is 0 Å². The standard InChI is InChI=1S/C13H25N3/c1-6-10(2)7-11(3)14-9-13-8-12(4)15-16(13)5/h8,10-11,14H,6-7,9H2,1-5H3. The van der Waals surface area contributed by atoms with Crippen LogP contribution in [0.2, 0.25) is 0 Å². The van der Waals surface area contributed by atoms with Gasteiger partial charge in [-0.05, 0) is 32.3 Å². The van der Waals surface area contributed by atoms with E-state index in [1.54, 1.807) is 0 Å². The molecule has 3 heteroatoms. The first-order chi connectivity index (χ1) is 7.52. The number of nitrogens with one attached hydrogen (secondary N) is 1. The minimum atomic E-state index is 0.574. The lowest BCUT2D eigenvalue weighted by atomic mass is 10.0. The molecule has 0 aliphatic rings. The van der Waals surface area contributed by atoms with Crippen LogP contribution in [0.25, 0.3) is 0 Å². The molecule has 92 valence electrons. The molecule has 0 bridgehead atoms. The lowest BCUT2D eigenvalue weighted by Crippen LogP contribution is -2.28. The van der Waals surface area contributed by atoms with Gasteiger partial charge in [0.25, 0.3) is 0 Å². The molecule has 0 radical (unpaired) electrons. The van der Waals surface area contributed by atoms with Gasteiger partial charge in [0.15, 0.2) is 0 Å². The number of hydrogen-bond donors (Lipinski definition) is 1. The molecule has 16 heavy (non-hydrogen) atoms. The molecule has 0 saturated carbocycles. The molecule has 1 heterocycles. The van der Waals surface area contributed by atoms with Crippen LogP contribution < -0.4 is 5.32 Å². The van der Waals surface area contributed by atoms with E-state index in [-0.39, 0.29) is 0 Å². The van der Waals surface area contributed by atoms with Gasteiger partial charge in [0.05, 0.1) is 11.4 Å². The highest BCUT2D eigenvalue weighted by Crippen LogP contribution is 2.10. The fourth-order valence-corrected chi connectivity index (χ4v) is 1.96. The van der Waals surface area contributed by atoms with Crippen LogP contribution in [-0.2, 0) is 13.6 Å². The summed E-state index contributed by atoms with van der Waals surface area (Å²) in [7, 11) is 2.00. The first-order valence-electron chi connectivity index (χ1n) is 6.25. The molecule has 2 unspecified atom stereocenters. The van der Waals surface area contributed by atoms with E-state index in [0.717, 1.165) is 18.2 Å². The minimum absolute atomic E-state index is 0.574. The molecular weight excluding hydrogens is 198 g/mol. The molecule has 0 spiro atoms. The van der Waals surface area contributed by atoms with Gasteiger partial charge in [-0.3, -0.25) is 4.68 Å². The lowest BCUT2D eigenvalue weighted by molar-refractivity contribution is 0.408. The highest BCUT2D eigenvalue weighted by Gasteiger charge is 2.08. The van der Waals surface area contributed by atoms with E-state index in [1.807, 2.05) is 18.7 Å². The Hall–Kier alpha value is -0.830. The maximum Gasteiger partial charge on any atom is 0.0597 e. The lowest BCUT2D eigenvalue weighted by Gasteiger charge is -2.17. The van der Waals surface area contributed by atoms with E-state index in [0.29, 0.717) is 6.04 Å². The third kappa shape index (κ3) is 3.97. The Balaban J connectivity index is 2.36. The Labute approximate surface area is 99.2 Å². The molecule has 0 aromatic carbocycles. The van der Waals surface area contributed by atoms with Crippen molar-refractivity contribution in [3.63, 3.8) is 0 Å². The predicted molar refractivity (Wildman–Crippen MR) is 68.3 cm³/mol. The topological polar surface area (TPSA) is 29.9 Å². The van der Waals surface area contributed by atoms with Crippen LogP contribution in [0.5, 0.6) is 0 Å². The molecule has 3 nitrogen and oxygen atoms in total. The van der Waals surface area contributed by atoms with Crippen LogP contribution in [0.3, 0.4) is 0 Å². The number of hydrogen-bond acceptors (Lipinski definition) is 2. The first-order valence-corrected chi connectivity index (χ1v) is 6.25. The quantitative estimate of drug-likeness (QED) is 0.803. The second-order valence-electron chi connectivity index (χ2n) is 4.93. The van der Waals surface area contributed by atoms with Crippen LogP contribution >= 0.6 is 0 Å². The average molecular weight is 223 g/mol. The van der Waals surface area contributed by atoms with E-state index in [2.05, 4.69) is 37.3 Å². The number of nitrogens with zero attached hydrogens (tertiary/aromatic N) is 2. The zero-order valence-corrected chi connectivity index (χ0v) is 11.2. The van der Waals surface area contributed by atoms with Crippen LogP contribution in [0.1, 0.15) is 45.0 Å². The first kappa shape index (κ1) is 13.2. The molecule has 0 aliphatic heterocycles. The summed E-state index contributed by atoms with van der Waals surface area (Å²) in [6.45, 7) is 9.77. The molecule has 2 atom stereocenters. The van der Waals surface area contributed by atoms with E-state index < -0.39 is 0 Å². The normalized spacial score (nSPS) is 15.1. The van der Waals surface area contributed by atoms with Gasteiger partial charge in [-0.1, -0.05) is 20.3 Å². The molecule has 1 aromatic rings. The van der Waals surface area contributed by atoms with Gasteiger partial charge in [-0.25, -0.2) is 0 Å². The van der Waals surface area contributed by atoms with Crippen molar-refractivity contribution >= 4 is 0 Å². The molecule has 1 N–H and O–H groups in total. The van der Waals surface area contributed by atoms with Crippen molar-refractivity contribution in [1.29, 1.82) is 0 Å². The van der Waals surface area contributed by atoms with Crippen LogP contribution in [0.15, 0.2) is 6.07 Å². The maximum atomic E-state index is 4.34. The largest absolute Gasteiger partial charge is 0.309 e. The van der Waals surface area contributed by atoms with E-state index >= 15 is 0 Å². The van der Waals surface area contributed by atoms with E-state index in [9.17, 15) is 0 Å². The zero-order valence-electron chi connectivity index (χ0n) is 11.2. The Morgan fingerprint density at radius 2 is 2.12 bits per heavy atom. The molecule has 1 rings (SSSR count). The number of aromatic nitrogens is 2. The molecule has 0 saturated heterocycles. The molecule has 1 aromatic heterocycles. The zero-order chi connectivity index (χ0) is 12.1. The summed E-state index contributed by atoms with van der Waals surface area (Å²) in [6, 6.07) is 2.72. The molecule has 0 amide bonds. The molecule has 0 aliphatic carbocycles. The fraction of sp³-hybridized carbons (Fsp3) is 0.769. The maximum absolute atomic E-state index is 4.34. The third-order valence-corrected chi connectivity index (χ3v) is 3.18. The average Bonchev–Trinajstić information content (AvgIpc) is 2.54. The summed E-state index contributed by atoms with van der Waals surface area (Å²) >= 11 is 0. The SMILES string of the molecule is CCC(C)CC(C)NCc1cc(C)nn1C. The number of aryl methyl sites for hydroxylation is 2. The van der Waals surface area contributed by atoms with Crippen molar-refractivity contribution in [3.05, 3.63) is 17.5 Å². The van der Waals surface area contributed by atoms with Gasteiger partial charge >= 0.3 is 0 Å². The fourth-order valence-electron chi connectivity index (χ4n) is 1.96. The summed E-state index contributed by atoms with van der Waals surface area (Å²) in [5.74, 6) is 0.802. The van der Waals surface area contributed by atoms with Crippen molar-refractivity contribution in [2.75, 3.05) is 0 Å². The van der Waals surface area contributed by atoms with Crippen LogP contribution in [0.4, 0.5) is 0 Å². The van der Waals surface area contributed by atoms with Gasteiger partial charge in [-0.2, -0.15) is 5.10 Å². The van der Waals surface area contributed by atoms with Crippen molar-refractivity contribution in [3.8, 4) is 0 Å². The van der Waals surface area contributed by atoms with Crippen molar-refractivity contribution in [2.45, 2.75) is 53.1 Å². The monoisotopic (exact) mass is 223 g/mol. The van der Waals surface area contributed by atoms with Gasteiger partial charge in [0, 0.05) is 19.6 Å². The second-order valence-corrected chi connectivity index (χ2v) is 4.93.